The van der Waals surface area contributed by atoms with Gasteiger partial charge in [0, 0.05) is 30.0 Å². The normalized spacial score (nSPS) is 15.7. The van der Waals surface area contributed by atoms with Gasteiger partial charge >= 0.3 is 0 Å². The molecule has 0 bridgehead atoms. The molecule has 1 heterocycles. The average Bonchev–Trinajstić information content (AvgIpc) is 3.17. The molecule has 2 N–H and O–H groups in total. The smallest absolute Gasteiger partial charge is 0.229 e. The van der Waals surface area contributed by atoms with E-state index in [0.717, 1.165) is 11.4 Å². The molecule has 0 saturated carbocycles. The fraction of sp³-hybridized carbons (Fsp3) is 0.167. The molecule has 152 valence electrons. The summed E-state index contributed by atoms with van der Waals surface area (Å²) in [5.74, 6) is -0.0375. The van der Waals surface area contributed by atoms with Crippen molar-refractivity contribution >= 4 is 34.6 Å². The molecule has 2 amide bonds. The molecule has 30 heavy (non-hydrogen) atoms. The Kier molecular flexibility index (Phi) is 5.66. The van der Waals surface area contributed by atoms with Gasteiger partial charge in [0.05, 0.1) is 18.7 Å². The van der Waals surface area contributed by atoms with Gasteiger partial charge in [0.15, 0.2) is 0 Å². The Bertz CT molecular complexity index is 1040. The van der Waals surface area contributed by atoms with Crippen molar-refractivity contribution in [2.45, 2.75) is 6.42 Å². The zero-order chi connectivity index (χ0) is 20.9. The number of methoxy groups -OCH3 is 1. The lowest BCUT2D eigenvalue weighted by molar-refractivity contribution is -0.122. The first-order chi connectivity index (χ1) is 14.6. The predicted octanol–water partition coefficient (Wildman–Crippen LogP) is 4.43. The summed E-state index contributed by atoms with van der Waals surface area (Å²) in [5.41, 5.74) is 3.31. The Labute approximate surface area is 175 Å². The van der Waals surface area contributed by atoms with Crippen molar-refractivity contribution < 1.29 is 14.3 Å². The third-order valence-electron chi connectivity index (χ3n) is 5.09. The molecule has 1 unspecified atom stereocenters. The number of hydrogen-bond acceptors (Lipinski definition) is 4. The summed E-state index contributed by atoms with van der Waals surface area (Å²) in [4.78, 5) is 26.9. The van der Waals surface area contributed by atoms with Crippen LogP contribution >= 0.6 is 0 Å². The van der Waals surface area contributed by atoms with E-state index in [1.807, 2.05) is 72.8 Å². The third-order valence-corrected chi connectivity index (χ3v) is 5.09. The standard InChI is InChI=1S/C24H23N3O3/c1-30-22-10-6-5-9-21(22)27-16-17(15-23(27)28)24(29)26-20-13-11-19(12-14-20)25-18-7-3-2-4-8-18/h2-14,17,25H,15-16H2,1H3,(H,26,29). The Morgan fingerprint density at radius 1 is 0.900 bits per heavy atom. The van der Waals surface area contributed by atoms with Gasteiger partial charge in [-0.2, -0.15) is 0 Å². The number of nitrogens with one attached hydrogen (secondary N) is 2. The maximum absolute atomic E-state index is 12.7. The van der Waals surface area contributed by atoms with Crippen molar-refractivity contribution in [2.24, 2.45) is 5.92 Å². The van der Waals surface area contributed by atoms with Gasteiger partial charge in [-0.05, 0) is 48.5 Å². The van der Waals surface area contributed by atoms with Crippen molar-refractivity contribution in [3.05, 3.63) is 78.9 Å². The number of carbonyl (C=O) groups is 2. The van der Waals surface area contributed by atoms with Crippen LogP contribution < -0.4 is 20.3 Å². The van der Waals surface area contributed by atoms with Crippen LogP contribution in [0.4, 0.5) is 22.7 Å². The predicted molar refractivity (Wildman–Crippen MR) is 118 cm³/mol. The fourth-order valence-corrected chi connectivity index (χ4v) is 3.54. The number of anilines is 4. The number of benzene rings is 3. The van der Waals surface area contributed by atoms with Crippen molar-refractivity contribution in [1.82, 2.24) is 0 Å². The number of amides is 2. The summed E-state index contributed by atoms with van der Waals surface area (Å²) < 4.78 is 5.35. The quantitative estimate of drug-likeness (QED) is 0.641. The Morgan fingerprint density at radius 3 is 2.27 bits per heavy atom. The highest BCUT2D eigenvalue weighted by molar-refractivity contribution is 6.04. The van der Waals surface area contributed by atoms with Crippen LogP contribution in [0, 0.1) is 5.92 Å². The van der Waals surface area contributed by atoms with Crippen LogP contribution in [0.1, 0.15) is 6.42 Å². The minimum atomic E-state index is -0.412. The fourth-order valence-electron chi connectivity index (χ4n) is 3.54. The van der Waals surface area contributed by atoms with Gasteiger partial charge in [-0.15, -0.1) is 0 Å². The second kappa shape index (κ2) is 8.69. The number of nitrogens with zero attached hydrogens (tertiary/aromatic N) is 1. The van der Waals surface area contributed by atoms with E-state index < -0.39 is 5.92 Å². The molecular weight excluding hydrogens is 378 g/mol. The molecule has 3 aromatic rings. The van der Waals surface area contributed by atoms with Gasteiger partial charge in [-0.25, -0.2) is 0 Å². The molecule has 3 aromatic carbocycles. The molecule has 6 nitrogen and oxygen atoms in total. The highest BCUT2D eigenvalue weighted by Gasteiger charge is 2.36. The summed E-state index contributed by atoms with van der Waals surface area (Å²) in [7, 11) is 1.57. The number of ether oxygens (including phenoxy) is 1. The maximum Gasteiger partial charge on any atom is 0.229 e. The molecule has 1 aliphatic rings. The Balaban J connectivity index is 1.39. The van der Waals surface area contributed by atoms with Gasteiger partial charge in [-0.1, -0.05) is 30.3 Å². The molecule has 0 aliphatic carbocycles. The van der Waals surface area contributed by atoms with Gasteiger partial charge in [0.2, 0.25) is 11.8 Å². The van der Waals surface area contributed by atoms with Crippen LogP contribution in [0.5, 0.6) is 5.75 Å². The summed E-state index contributed by atoms with van der Waals surface area (Å²) in [6.45, 7) is 0.332. The lowest BCUT2D eigenvalue weighted by atomic mass is 10.1. The van der Waals surface area contributed by atoms with Crippen LogP contribution in [-0.4, -0.2) is 25.5 Å². The number of para-hydroxylation sites is 3. The molecule has 0 spiro atoms. The van der Waals surface area contributed by atoms with Crippen molar-refractivity contribution in [2.75, 3.05) is 29.2 Å². The van der Waals surface area contributed by atoms with E-state index in [0.29, 0.717) is 23.7 Å². The van der Waals surface area contributed by atoms with E-state index in [1.165, 1.54) is 0 Å². The first kappa shape index (κ1) is 19.5. The first-order valence-electron chi connectivity index (χ1n) is 9.80. The largest absolute Gasteiger partial charge is 0.495 e. The molecular formula is C24H23N3O3. The van der Waals surface area contributed by atoms with Crippen molar-refractivity contribution in [3.8, 4) is 5.75 Å². The van der Waals surface area contributed by atoms with Crippen molar-refractivity contribution in [3.63, 3.8) is 0 Å². The molecule has 1 aliphatic heterocycles. The van der Waals surface area contributed by atoms with Gasteiger partial charge in [0.25, 0.3) is 0 Å². The number of rotatable bonds is 6. The molecule has 1 atom stereocenters. The lowest BCUT2D eigenvalue weighted by Gasteiger charge is -2.19. The van der Waals surface area contributed by atoms with Gasteiger partial charge < -0.3 is 20.3 Å². The summed E-state index contributed by atoms with van der Waals surface area (Å²) in [6.07, 6.45) is 0.178. The maximum atomic E-state index is 12.7. The second-order valence-electron chi connectivity index (χ2n) is 7.13. The lowest BCUT2D eigenvalue weighted by Crippen LogP contribution is -2.28. The minimum absolute atomic E-state index is 0.0814. The molecule has 1 fully saturated rings. The summed E-state index contributed by atoms with van der Waals surface area (Å²) in [5, 5.41) is 6.22. The summed E-state index contributed by atoms with van der Waals surface area (Å²) >= 11 is 0. The Hall–Kier alpha value is -3.80. The highest BCUT2D eigenvalue weighted by atomic mass is 16.5. The minimum Gasteiger partial charge on any atom is -0.495 e. The second-order valence-corrected chi connectivity index (χ2v) is 7.13. The number of hydrogen-bond donors (Lipinski definition) is 2. The monoisotopic (exact) mass is 401 g/mol. The van der Waals surface area contributed by atoms with E-state index >= 15 is 0 Å². The Morgan fingerprint density at radius 2 is 1.53 bits per heavy atom. The topological polar surface area (TPSA) is 70.7 Å². The zero-order valence-corrected chi connectivity index (χ0v) is 16.7. The van der Waals surface area contributed by atoms with Crippen LogP contribution in [-0.2, 0) is 9.59 Å². The van der Waals surface area contributed by atoms with E-state index in [9.17, 15) is 9.59 Å². The van der Waals surface area contributed by atoms with Gasteiger partial charge in [-0.3, -0.25) is 9.59 Å². The molecule has 0 aromatic heterocycles. The van der Waals surface area contributed by atoms with E-state index in [1.54, 1.807) is 18.1 Å². The summed E-state index contributed by atoms with van der Waals surface area (Å²) in [6, 6.07) is 24.7. The third kappa shape index (κ3) is 4.27. The average molecular weight is 401 g/mol. The van der Waals surface area contributed by atoms with E-state index in [2.05, 4.69) is 10.6 Å². The first-order valence-corrected chi connectivity index (χ1v) is 9.80. The van der Waals surface area contributed by atoms with Gasteiger partial charge in [0.1, 0.15) is 5.75 Å². The molecule has 6 heteroatoms. The van der Waals surface area contributed by atoms with Crippen LogP contribution in [0.3, 0.4) is 0 Å². The van der Waals surface area contributed by atoms with Crippen LogP contribution in [0.25, 0.3) is 0 Å². The zero-order valence-electron chi connectivity index (χ0n) is 16.7. The molecule has 4 rings (SSSR count). The van der Waals surface area contributed by atoms with Crippen LogP contribution in [0.15, 0.2) is 78.9 Å². The van der Waals surface area contributed by atoms with E-state index in [4.69, 9.17) is 4.74 Å². The van der Waals surface area contributed by atoms with Crippen LogP contribution in [0.2, 0.25) is 0 Å². The van der Waals surface area contributed by atoms with Crippen molar-refractivity contribution in [1.29, 1.82) is 0 Å². The molecule has 1 saturated heterocycles. The highest BCUT2D eigenvalue weighted by Crippen LogP contribution is 2.33. The molecule has 0 radical (unpaired) electrons. The number of carbonyl (C=O) groups excluding carboxylic acids is 2. The SMILES string of the molecule is COc1ccccc1N1CC(C(=O)Nc2ccc(Nc3ccccc3)cc2)CC1=O. The van der Waals surface area contributed by atoms with E-state index in [-0.39, 0.29) is 18.2 Å².